The van der Waals surface area contributed by atoms with Crippen molar-refractivity contribution in [3.05, 3.63) is 66.0 Å². The summed E-state index contributed by atoms with van der Waals surface area (Å²) in [5, 5.41) is 4.14. The van der Waals surface area contributed by atoms with Gasteiger partial charge in [-0.15, -0.1) is 0 Å². The third-order valence-electron chi connectivity index (χ3n) is 3.87. The number of carbonyl (C=O) groups excluding carboxylic acids is 1. The van der Waals surface area contributed by atoms with Gasteiger partial charge >= 0.3 is 0 Å². The van der Waals surface area contributed by atoms with Gasteiger partial charge in [-0.05, 0) is 37.1 Å². The molecule has 2 heterocycles. The van der Waals surface area contributed by atoms with Gasteiger partial charge in [0.2, 0.25) is 5.91 Å². The van der Waals surface area contributed by atoms with E-state index in [0.717, 1.165) is 29.6 Å². The molecule has 3 rings (SSSR count). The summed E-state index contributed by atoms with van der Waals surface area (Å²) in [6.07, 6.45) is 5.18. The maximum atomic E-state index is 12.0. The standard InChI is InChI=1S/C19H21N3O/c1-15-5-2-6-16(13-15)14-18(23)20-10-4-11-22-12-8-17-7-3-9-21-19(17)22/h2-3,5-9,12-13H,4,10-11,14H2,1H3,(H,20,23). The maximum Gasteiger partial charge on any atom is 0.224 e. The smallest absolute Gasteiger partial charge is 0.224 e. The van der Waals surface area contributed by atoms with Crippen LogP contribution in [0.5, 0.6) is 0 Å². The van der Waals surface area contributed by atoms with E-state index in [-0.39, 0.29) is 5.91 Å². The Bertz CT molecular complexity index is 807. The lowest BCUT2D eigenvalue weighted by Gasteiger charge is -2.07. The van der Waals surface area contributed by atoms with Crippen molar-refractivity contribution in [1.82, 2.24) is 14.9 Å². The molecule has 0 aliphatic rings. The first-order chi connectivity index (χ1) is 11.2. The van der Waals surface area contributed by atoms with E-state index in [9.17, 15) is 4.79 Å². The Labute approximate surface area is 136 Å². The topological polar surface area (TPSA) is 46.9 Å². The molecule has 1 N–H and O–H groups in total. The van der Waals surface area contributed by atoms with Crippen molar-refractivity contribution in [3.63, 3.8) is 0 Å². The number of hydrogen-bond donors (Lipinski definition) is 1. The van der Waals surface area contributed by atoms with Crippen molar-refractivity contribution < 1.29 is 4.79 Å². The molecule has 2 aromatic heterocycles. The third-order valence-corrected chi connectivity index (χ3v) is 3.87. The summed E-state index contributed by atoms with van der Waals surface area (Å²) in [6, 6.07) is 14.1. The second-order valence-corrected chi connectivity index (χ2v) is 5.79. The molecule has 0 atom stereocenters. The minimum absolute atomic E-state index is 0.0751. The number of rotatable bonds is 6. The Morgan fingerprint density at radius 2 is 2.13 bits per heavy atom. The van der Waals surface area contributed by atoms with Gasteiger partial charge in [-0.2, -0.15) is 0 Å². The molecule has 0 saturated carbocycles. The fourth-order valence-electron chi connectivity index (χ4n) is 2.75. The molecule has 4 heteroatoms. The van der Waals surface area contributed by atoms with Crippen LogP contribution in [0.25, 0.3) is 11.0 Å². The number of aryl methyl sites for hydroxylation is 2. The zero-order valence-corrected chi connectivity index (χ0v) is 13.3. The van der Waals surface area contributed by atoms with Gasteiger partial charge in [-0.25, -0.2) is 4.98 Å². The Balaban J connectivity index is 1.45. The Morgan fingerprint density at radius 3 is 3.00 bits per heavy atom. The zero-order chi connectivity index (χ0) is 16.1. The summed E-state index contributed by atoms with van der Waals surface area (Å²) in [7, 11) is 0. The molecule has 118 valence electrons. The van der Waals surface area contributed by atoms with Crippen LogP contribution in [0.2, 0.25) is 0 Å². The van der Waals surface area contributed by atoms with E-state index in [4.69, 9.17) is 0 Å². The molecule has 4 nitrogen and oxygen atoms in total. The summed E-state index contributed by atoms with van der Waals surface area (Å²) < 4.78 is 2.13. The van der Waals surface area contributed by atoms with E-state index in [1.807, 2.05) is 43.6 Å². The first-order valence-corrected chi connectivity index (χ1v) is 7.94. The van der Waals surface area contributed by atoms with Gasteiger partial charge in [0.05, 0.1) is 6.42 Å². The van der Waals surface area contributed by atoms with E-state index in [1.54, 1.807) is 0 Å². The number of pyridine rings is 1. The van der Waals surface area contributed by atoms with Gasteiger partial charge in [-0.1, -0.05) is 29.8 Å². The van der Waals surface area contributed by atoms with E-state index < -0.39 is 0 Å². The van der Waals surface area contributed by atoms with Crippen molar-refractivity contribution in [2.24, 2.45) is 0 Å². The second kappa shape index (κ2) is 7.09. The molecule has 1 amide bonds. The SMILES string of the molecule is Cc1cccc(CC(=O)NCCCn2ccc3cccnc32)c1. The van der Waals surface area contributed by atoms with E-state index >= 15 is 0 Å². The minimum atomic E-state index is 0.0751. The normalized spacial score (nSPS) is 10.8. The molecule has 0 radical (unpaired) electrons. The highest BCUT2D eigenvalue weighted by Gasteiger charge is 2.04. The number of carbonyl (C=O) groups is 1. The number of nitrogens with one attached hydrogen (secondary N) is 1. The summed E-state index contributed by atoms with van der Waals surface area (Å²) in [6.45, 7) is 3.57. The highest BCUT2D eigenvalue weighted by atomic mass is 16.1. The number of benzene rings is 1. The Hall–Kier alpha value is -2.62. The van der Waals surface area contributed by atoms with Crippen LogP contribution in [0.4, 0.5) is 0 Å². The molecule has 1 aromatic carbocycles. The van der Waals surface area contributed by atoms with Crippen LogP contribution in [0.3, 0.4) is 0 Å². The monoisotopic (exact) mass is 307 g/mol. The lowest BCUT2D eigenvalue weighted by Crippen LogP contribution is -2.26. The van der Waals surface area contributed by atoms with E-state index in [0.29, 0.717) is 13.0 Å². The van der Waals surface area contributed by atoms with Crippen molar-refractivity contribution in [1.29, 1.82) is 0 Å². The van der Waals surface area contributed by atoms with Gasteiger partial charge in [0, 0.05) is 30.9 Å². The predicted molar refractivity (Wildman–Crippen MR) is 92.2 cm³/mol. The number of amides is 1. The minimum Gasteiger partial charge on any atom is -0.356 e. The molecule has 0 spiro atoms. The number of nitrogens with zero attached hydrogens (tertiary/aromatic N) is 2. The molecular weight excluding hydrogens is 286 g/mol. The molecule has 3 aromatic rings. The van der Waals surface area contributed by atoms with Crippen LogP contribution in [0.1, 0.15) is 17.5 Å². The van der Waals surface area contributed by atoms with Gasteiger partial charge in [0.25, 0.3) is 0 Å². The van der Waals surface area contributed by atoms with Gasteiger partial charge in [0.1, 0.15) is 5.65 Å². The lowest BCUT2D eigenvalue weighted by molar-refractivity contribution is -0.120. The second-order valence-electron chi connectivity index (χ2n) is 5.79. The number of hydrogen-bond acceptors (Lipinski definition) is 2. The van der Waals surface area contributed by atoms with E-state index in [1.165, 1.54) is 5.56 Å². The zero-order valence-electron chi connectivity index (χ0n) is 13.3. The molecule has 23 heavy (non-hydrogen) atoms. The van der Waals surface area contributed by atoms with Crippen molar-refractivity contribution in [2.75, 3.05) is 6.54 Å². The summed E-state index contributed by atoms with van der Waals surface area (Å²) in [5.41, 5.74) is 3.24. The Morgan fingerprint density at radius 1 is 1.22 bits per heavy atom. The maximum absolute atomic E-state index is 12.0. The molecule has 0 saturated heterocycles. The van der Waals surface area contributed by atoms with Crippen LogP contribution in [-0.2, 0) is 17.8 Å². The van der Waals surface area contributed by atoms with Gasteiger partial charge in [-0.3, -0.25) is 4.79 Å². The highest BCUT2D eigenvalue weighted by Crippen LogP contribution is 2.12. The molecule has 0 aliphatic carbocycles. The third kappa shape index (κ3) is 3.97. The van der Waals surface area contributed by atoms with Crippen LogP contribution >= 0.6 is 0 Å². The molecular formula is C19H21N3O. The van der Waals surface area contributed by atoms with Crippen molar-refractivity contribution >= 4 is 16.9 Å². The van der Waals surface area contributed by atoms with Crippen molar-refractivity contribution in [2.45, 2.75) is 26.3 Å². The lowest BCUT2D eigenvalue weighted by atomic mass is 10.1. The average molecular weight is 307 g/mol. The molecule has 0 aliphatic heterocycles. The van der Waals surface area contributed by atoms with Gasteiger partial charge < -0.3 is 9.88 Å². The summed E-state index contributed by atoms with van der Waals surface area (Å²) >= 11 is 0. The fourth-order valence-corrected chi connectivity index (χ4v) is 2.75. The highest BCUT2D eigenvalue weighted by molar-refractivity contribution is 5.78. The Kier molecular flexibility index (Phi) is 4.71. The summed E-state index contributed by atoms with van der Waals surface area (Å²) in [5.74, 6) is 0.0751. The van der Waals surface area contributed by atoms with Crippen LogP contribution < -0.4 is 5.32 Å². The van der Waals surface area contributed by atoms with E-state index in [2.05, 4.69) is 33.1 Å². The molecule has 0 unspecified atom stereocenters. The van der Waals surface area contributed by atoms with Crippen LogP contribution in [-0.4, -0.2) is 22.0 Å². The quantitative estimate of drug-likeness (QED) is 0.711. The van der Waals surface area contributed by atoms with Gasteiger partial charge in [0.15, 0.2) is 0 Å². The number of aromatic nitrogens is 2. The predicted octanol–water partition coefficient (Wildman–Crippen LogP) is 3.09. The fraction of sp³-hybridized carbons (Fsp3) is 0.263. The van der Waals surface area contributed by atoms with Crippen LogP contribution in [0, 0.1) is 6.92 Å². The van der Waals surface area contributed by atoms with Crippen LogP contribution in [0.15, 0.2) is 54.9 Å². The molecule has 0 bridgehead atoms. The number of fused-ring (bicyclic) bond motifs is 1. The summed E-state index contributed by atoms with van der Waals surface area (Å²) in [4.78, 5) is 16.4. The van der Waals surface area contributed by atoms with Crippen molar-refractivity contribution in [3.8, 4) is 0 Å². The first kappa shape index (κ1) is 15.3. The average Bonchev–Trinajstić information content (AvgIpc) is 2.95. The largest absolute Gasteiger partial charge is 0.356 e. The molecule has 0 fully saturated rings. The first-order valence-electron chi connectivity index (χ1n) is 7.94.